The number of carbonyl (C=O) groups is 1. The zero-order valence-corrected chi connectivity index (χ0v) is 11.7. The highest BCUT2D eigenvalue weighted by Crippen LogP contribution is 2.19. The lowest BCUT2D eigenvalue weighted by Crippen LogP contribution is -2.29. The van der Waals surface area contributed by atoms with Crippen molar-refractivity contribution in [3.05, 3.63) is 29.8 Å². The van der Waals surface area contributed by atoms with Crippen LogP contribution in [0.15, 0.2) is 24.3 Å². The number of aromatic hydroxyl groups is 1. The Labute approximate surface area is 114 Å². The van der Waals surface area contributed by atoms with Crippen LogP contribution in [-0.2, 0) is 4.79 Å². The highest BCUT2D eigenvalue weighted by Gasteiger charge is 2.11. The molecule has 0 saturated heterocycles. The molecule has 0 amide bonds. The van der Waals surface area contributed by atoms with E-state index in [1.807, 2.05) is 12.1 Å². The predicted octanol–water partition coefficient (Wildman–Crippen LogP) is 2.68. The van der Waals surface area contributed by atoms with Gasteiger partial charge in [0, 0.05) is 13.0 Å². The Kier molecular flexibility index (Phi) is 6.36. The molecule has 0 bridgehead atoms. The first kappa shape index (κ1) is 15.5. The van der Waals surface area contributed by atoms with Crippen LogP contribution in [0.4, 0.5) is 0 Å². The highest BCUT2D eigenvalue weighted by atomic mass is 16.4. The van der Waals surface area contributed by atoms with Gasteiger partial charge in [0.25, 0.3) is 0 Å². The molecule has 4 heteroatoms. The van der Waals surface area contributed by atoms with Gasteiger partial charge in [0.15, 0.2) is 0 Å². The van der Waals surface area contributed by atoms with Gasteiger partial charge < -0.3 is 15.1 Å². The fourth-order valence-electron chi connectivity index (χ4n) is 2.13. The number of benzene rings is 1. The first-order valence-corrected chi connectivity index (χ1v) is 6.76. The Balaban J connectivity index is 2.45. The zero-order chi connectivity index (χ0) is 14.3. The standard InChI is InChI=1S/C15H23NO3/c1-3-16(10-4-5-15(18)19)11-12(2)13-6-8-14(17)9-7-13/h6-9,12,17H,3-5,10-11H2,1-2H3,(H,18,19)/t12-/m1/s1. The monoisotopic (exact) mass is 265 g/mol. The molecule has 0 aliphatic heterocycles. The third-order valence-corrected chi connectivity index (χ3v) is 3.31. The number of hydrogen-bond acceptors (Lipinski definition) is 3. The molecule has 0 aliphatic rings. The molecule has 0 fully saturated rings. The van der Waals surface area contributed by atoms with Crippen molar-refractivity contribution < 1.29 is 15.0 Å². The smallest absolute Gasteiger partial charge is 0.303 e. The summed E-state index contributed by atoms with van der Waals surface area (Å²) in [4.78, 5) is 12.8. The van der Waals surface area contributed by atoms with Crippen LogP contribution >= 0.6 is 0 Å². The summed E-state index contributed by atoms with van der Waals surface area (Å²) in [5.41, 5.74) is 1.19. The van der Waals surface area contributed by atoms with Crippen LogP contribution in [0, 0.1) is 0 Å². The number of phenolic OH excluding ortho intramolecular Hbond substituents is 1. The van der Waals surface area contributed by atoms with E-state index in [2.05, 4.69) is 18.7 Å². The van der Waals surface area contributed by atoms with E-state index in [1.165, 1.54) is 5.56 Å². The molecule has 0 aromatic heterocycles. The van der Waals surface area contributed by atoms with Gasteiger partial charge in [-0.3, -0.25) is 4.79 Å². The fraction of sp³-hybridized carbons (Fsp3) is 0.533. The van der Waals surface area contributed by atoms with Crippen molar-refractivity contribution >= 4 is 5.97 Å². The third kappa shape index (κ3) is 5.75. The first-order chi connectivity index (χ1) is 9.02. The molecule has 0 unspecified atom stereocenters. The van der Waals surface area contributed by atoms with Crippen LogP contribution < -0.4 is 0 Å². The van der Waals surface area contributed by atoms with E-state index in [9.17, 15) is 9.90 Å². The van der Waals surface area contributed by atoms with Crippen molar-refractivity contribution in [2.75, 3.05) is 19.6 Å². The maximum atomic E-state index is 10.5. The van der Waals surface area contributed by atoms with Crippen LogP contribution in [0.3, 0.4) is 0 Å². The quantitative estimate of drug-likeness (QED) is 0.758. The summed E-state index contributed by atoms with van der Waals surface area (Å²) in [6, 6.07) is 7.27. The Morgan fingerprint density at radius 1 is 1.32 bits per heavy atom. The number of carboxylic acids is 1. The molecule has 1 rings (SSSR count). The van der Waals surface area contributed by atoms with Crippen LogP contribution in [0.25, 0.3) is 0 Å². The number of phenols is 1. The van der Waals surface area contributed by atoms with Gasteiger partial charge >= 0.3 is 5.97 Å². The Hall–Kier alpha value is -1.55. The number of rotatable bonds is 8. The first-order valence-electron chi connectivity index (χ1n) is 6.76. The average Bonchev–Trinajstić information content (AvgIpc) is 2.37. The predicted molar refractivity (Wildman–Crippen MR) is 75.5 cm³/mol. The van der Waals surface area contributed by atoms with E-state index in [0.29, 0.717) is 12.3 Å². The van der Waals surface area contributed by atoms with Crippen molar-refractivity contribution in [3.63, 3.8) is 0 Å². The van der Waals surface area contributed by atoms with Gasteiger partial charge in [-0.15, -0.1) is 0 Å². The largest absolute Gasteiger partial charge is 0.508 e. The summed E-state index contributed by atoms with van der Waals surface area (Å²) in [5, 5.41) is 17.9. The molecule has 0 aliphatic carbocycles. The van der Waals surface area contributed by atoms with Crippen LogP contribution in [0.5, 0.6) is 5.75 Å². The van der Waals surface area contributed by atoms with E-state index in [-0.39, 0.29) is 12.2 Å². The molecule has 106 valence electrons. The van der Waals surface area contributed by atoms with Crippen molar-refractivity contribution in [1.29, 1.82) is 0 Å². The Bertz CT molecular complexity index is 389. The van der Waals surface area contributed by atoms with Crippen molar-refractivity contribution in [2.45, 2.75) is 32.6 Å². The maximum Gasteiger partial charge on any atom is 0.303 e. The summed E-state index contributed by atoms with van der Waals surface area (Å²) < 4.78 is 0. The second-order valence-electron chi connectivity index (χ2n) is 4.88. The van der Waals surface area contributed by atoms with Crippen LogP contribution in [0.2, 0.25) is 0 Å². The molecule has 0 heterocycles. The summed E-state index contributed by atoms with van der Waals surface area (Å²) >= 11 is 0. The molecule has 1 aromatic carbocycles. The average molecular weight is 265 g/mol. The molecule has 0 radical (unpaired) electrons. The molecule has 0 saturated carbocycles. The second kappa shape index (κ2) is 7.79. The van der Waals surface area contributed by atoms with Gasteiger partial charge in [0.05, 0.1) is 0 Å². The van der Waals surface area contributed by atoms with E-state index < -0.39 is 5.97 Å². The van der Waals surface area contributed by atoms with Gasteiger partial charge in [0.1, 0.15) is 5.75 Å². The summed E-state index contributed by atoms with van der Waals surface area (Å²) in [5.74, 6) is -0.0854. The molecular formula is C15H23NO3. The van der Waals surface area contributed by atoms with Gasteiger partial charge in [-0.25, -0.2) is 0 Å². The number of carboxylic acid groups (broad SMARTS) is 1. The third-order valence-electron chi connectivity index (χ3n) is 3.31. The molecule has 4 nitrogen and oxygen atoms in total. The summed E-state index contributed by atoms with van der Waals surface area (Å²) in [6.07, 6.45) is 0.912. The summed E-state index contributed by atoms with van der Waals surface area (Å²) in [6.45, 7) is 6.87. The number of aliphatic carboxylic acids is 1. The minimum atomic E-state index is -0.734. The molecule has 1 atom stereocenters. The molecule has 19 heavy (non-hydrogen) atoms. The van der Waals surface area contributed by atoms with Crippen molar-refractivity contribution in [1.82, 2.24) is 4.90 Å². The van der Waals surface area contributed by atoms with E-state index in [0.717, 1.165) is 19.6 Å². The van der Waals surface area contributed by atoms with Crippen LogP contribution in [-0.4, -0.2) is 40.7 Å². The number of likely N-dealkylation sites (N-methyl/N-ethyl adjacent to an activating group) is 1. The van der Waals surface area contributed by atoms with Crippen LogP contribution in [0.1, 0.15) is 38.2 Å². The maximum absolute atomic E-state index is 10.5. The number of nitrogens with zero attached hydrogens (tertiary/aromatic N) is 1. The lowest BCUT2D eigenvalue weighted by atomic mass is 10.0. The zero-order valence-electron chi connectivity index (χ0n) is 11.7. The van der Waals surface area contributed by atoms with Crippen molar-refractivity contribution in [3.8, 4) is 5.75 Å². The van der Waals surface area contributed by atoms with E-state index in [4.69, 9.17) is 5.11 Å². The second-order valence-corrected chi connectivity index (χ2v) is 4.88. The SMILES string of the molecule is CCN(CCCC(=O)O)C[C@@H](C)c1ccc(O)cc1. The molecule has 0 spiro atoms. The van der Waals surface area contributed by atoms with Gasteiger partial charge in [-0.05, 0) is 43.1 Å². The molecule has 1 aromatic rings. The van der Waals surface area contributed by atoms with Gasteiger partial charge in [0.2, 0.25) is 0 Å². The van der Waals surface area contributed by atoms with Gasteiger partial charge in [-0.2, -0.15) is 0 Å². The Morgan fingerprint density at radius 3 is 2.47 bits per heavy atom. The van der Waals surface area contributed by atoms with Crippen molar-refractivity contribution in [2.24, 2.45) is 0 Å². The normalized spacial score (nSPS) is 12.6. The Morgan fingerprint density at radius 2 is 1.95 bits per heavy atom. The van der Waals surface area contributed by atoms with E-state index >= 15 is 0 Å². The summed E-state index contributed by atoms with van der Waals surface area (Å²) in [7, 11) is 0. The fourth-order valence-corrected chi connectivity index (χ4v) is 2.13. The minimum Gasteiger partial charge on any atom is -0.508 e. The topological polar surface area (TPSA) is 60.8 Å². The molecular weight excluding hydrogens is 242 g/mol. The van der Waals surface area contributed by atoms with E-state index in [1.54, 1.807) is 12.1 Å². The molecule has 2 N–H and O–H groups in total. The lowest BCUT2D eigenvalue weighted by molar-refractivity contribution is -0.137. The minimum absolute atomic E-state index is 0.226. The highest BCUT2D eigenvalue weighted by molar-refractivity contribution is 5.66. The lowest BCUT2D eigenvalue weighted by Gasteiger charge is -2.24. The van der Waals surface area contributed by atoms with Gasteiger partial charge in [-0.1, -0.05) is 26.0 Å². The number of hydrogen-bond donors (Lipinski definition) is 2.